The van der Waals surface area contributed by atoms with Crippen molar-refractivity contribution >= 4 is 23.3 Å². The maximum atomic E-state index is 11.9. The van der Waals surface area contributed by atoms with E-state index < -0.39 is 0 Å². The molecule has 1 saturated heterocycles. The summed E-state index contributed by atoms with van der Waals surface area (Å²) in [5.74, 6) is 1.29. The van der Waals surface area contributed by atoms with Gasteiger partial charge in [-0.05, 0) is 19.2 Å². The summed E-state index contributed by atoms with van der Waals surface area (Å²) in [7, 11) is 2.07. The van der Waals surface area contributed by atoms with Crippen LogP contribution in [0.3, 0.4) is 0 Å². The van der Waals surface area contributed by atoms with E-state index in [9.17, 15) is 4.79 Å². The van der Waals surface area contributed by atoms with Crippen molar-refractivity contribution in [1.29, 1.82) is 0 Å². The second kappa shape index (κ2) is 7.94. The molecule has 0 spiro atoms. The predicted molar refractivity (Wildman–Crippen MR) is 99.5 cm³/mol. The van der Waals surface area contributed by atoms with Gasteiger partial charge in [0.1, 0.15) is 0 Å². The molecule has 3 heterocycles. The van der Waals surface area contributed by atoms with Crippen molar-refractivity contribution in [3.63, 3.8) is 0 Å². The number of aromatic nitrogens is 4. The highest BCUT2D eigenvalue weighted by Crippen LogP contribution is 2.18. The molecule has 1 unspecified atom stereocenters. The van der Waals surface area contributed by atoms with Gasteiger partial charge >= 0.3 is 0 Å². The molecule has 138 valence electrons. The Bertz CT molecular complexity index is 940. The van der Waals surface area contributed by atoms with Crippen LogP contribution >= 0.6 is 12.4 Å². The van der Waals surface area contributed by atoms with Crippen LogP contribution in [0.4, 0.5) is 0 Å². The third-order valence-electron chi connectivity index (χ3n) is 4.59. The molecule has 1 aliphatic heterocycles. The molecule has 26 heavy (non-hydrogen) atoms. The van der Waals surface area contributed by atoms with Gasteiger partial charge in [-0.15, -0.1) is 12.4 Å². The normalized spacial score (nSPS) is 18.0. The molecular weight excluding hydrogens is 356 g/mol. The van der Waals surface area contributed by atoms with E-state index in [-0.39, 0.29) is 23.9 Å². The number of piperazine rings is 1. The highest BCUT2D eigenvalue weighted by atomic mass is 35.5. The second-order valence-corrected chi connectivity index (χ2v) is 6.25. The number of hydrogen-bond acceptors (Lipinski definition) is 7. The molecule has 8 nitrogen and oxygen atoms in total. The molecule has 3 aromatic rings. The van der Waals surface area contributed by atoms with E-state index >= 15 is 0 Å². The van der Waals surface area contributed by atoms with Crippen LogP contribution in [0.15, 0.2) is 39.8 Å². The second-order valence-electron chi connectivity index (χ2n) is 6.25. The molecule has 2 aromatic heterocycles. The van der Waals surface area contributed by atoms with Crippen LogP contribution in [-0.2, 0) is 13.0 Å². The van der Waals surface area contributed by atoms with Crippen LogP contribution in [0.5, 0.6) is 0 Å². The van der Waals surface area contributed by atoms with E-state index in [1.807, 2.05) is 24.3 Å². The van der Waals surface area contributed by atoms with Crippen LogP contribution in [0.2, 0.25) is 0 Å². The number of halogens is 1. The van der Waals surface area contributed by atoms with Crippen molar-refractivity contribution in [3.8, 4) is 0 Å². The molecule has 0 amide bonds. The third kappa shape index (κ3) is 3.62. The summed E-state index contributed by atoms with van der Waals surface area (Å²) in [5.41, 5.74) is 0.741. The van der Waals surface area contributed by atoms with Gasteiger partial charge in [0.25, 0.3) is 0 Å². The molecule has 0 bridgehead atoms. The quantitative estimate of drug-likeness (QED) is 0.727. The molecule has 1 N–H and O–H groups in total. The van der Waals surface area contributed by atoms with E-state index in [4.69, 9.17) is 4.52 Å². The number of para-hydroxylation sites is 1. The summed E-state index contributed by atoms with van der Waals surface area (Å²) in [6.45, 7) is 3.33. The molecule has 1 atom stereocenters. The van der Waals surface area contributed by atoms with Gasteiger partial charge in [-0.2, -0.15) is 10.1 Å². The Morgan fingerprint density at radius 1 is 1.35 bits per heavy atom. The number of nitrogens with one attached hydrogen (secondary N) is 1. The lowest BCUT2D eigenvalue weighted by Gasteiger charge is -2.30. The molecule has 1 aromatic carbocycles. The molecule has 1 fully saturated rings. The molecule has 9 heteroatoms. The summed E-state index contributed by atoms with van der Waals surface area (Å²) >= 11 is 0. The summed E-state index contributed by atoms with van der Waals surface area (Å²) < 4.78 is 7.21. The fourth-order valence-electron chi connectivity index (χ4n) is 3.14. The maximum Gasteiger partial charge on any atom is 0.228 e. The van der Waals surface area contributed by atoms with Gasteiger partial charge in [-0.3, -0.25) is 14.4 Å². The number of nitrogens with zero attached hydrogens (tertiary/aromatic N) is 5. The number of hydrogen-bond donors (Lipinski definition) is 1. The number of aryl methyl sites for hydroxylation is 2. The number of benzene rings is 1. The zero-order valence-corrected chi connectivity index (χ0v) is 15.3. The molecule has 0 saturated carbocycles. The Morgan fingerprint density at radius 3 is 3.04 bits per heavy atom. The van der Waals surface area contributed by atoms with Crippen LogP contribution in [0, 0.1) is 0 Å². The van der Waals surface area contributed by atoms with Gasteiger partial charge in [0.2, 0.25) is 11.3 Å². The van der Waals surface area contributed by atoms with E-state index in [0.717, 1.165) is 25.2 Å². The number of likely N-dealkylation sites (N-methyl/N-ethyl adjacent to an activating group) is 1. The maximum absolute atomic E-state index is 11.9. The van der Waals surface area contributed by atoms with Gasteiger partial charge < -0.3 is 9.84 Å². The van der Waals surface area contributed by atoms with Crippen LogP contribution in [0.25, 0.3) is 10.9 Å². The summed E-state index contributed by atoms with van der Waals surface area (Å²) in [5, 5.41) is 12.4. The molecule has 0 aliphatic carbocycles. The van der Waals surface area contributed by atoms with E-state index in [1.54, 1.807) is 4.68 Å². The molecule has 4 rings (SSSR count). The molecule has 0 radical (unpaired) electrons. The monoisotopic (exact) mass is 376 g/mol. The highest BCUT2D eigenvalue weighted by molar-refractivity contribution is 5.85. The Labute approximate surface area is 156 Å². The van der Waals surface area contributed by atoms with Crippen molar-refractivity contribution in [1.82, 2.24) is 30.1 Å². The lowest BCUT2D eigenvalue weighted by atomic mass is 10.2. The summed E-state index contributed by atoms with van der Waals surface area (Å²) in [4.78, 5) is 18.6. The summed E-state index contributed by atoms with van der Waals surface area (Å²) in [6, 6.07) is 7.60. The smallest absolute Gasteiger partial charge is 0.228 e. The van der Waals surface area contributed by atoms with E-state index in [0.29, 0.717) is 30.1 Å². The fourth-order valence-corrected chi connectivity index (χ4v) is 3.14. The van der Waals surface area contributed by atoms with Gasteiger partial charge in [0, 0.05) is 31.4 Å². The van der Waals surface area contributed by atoms with Crippen molar-refractivity contribution in [2.24, 2.45) is 0 Å². The van der Waals surface area contributed by atoms with Crippen LogP contribution in [0.1, 0.15) is 17.8 Å². The molecule has 1 aliphatic rings. The van der Waals surface area contributed by atoms with Crippen LogP contribution < -0.4 is 10.7 Å². The average Bonchev–Trinajstić information content (AvgIpc) is 3.11. The number of rotatable bonds is 4. The number of fused-ring (bicyclic) bond motifs is 1. The van der Waals surface area contributed by atoms with Crippen molar-refractivity contribution < 1.29 is 4.52 Å². The van der Waals surface area contributed by atoms with Gasteiger partial charge in [0.15, 0.2) is 5.82 Å². The first-order chi connectivity index (χ1) is 12.2. The highest BCUT2D eigenvalue weighted by Gasteiger charge is 2.25. The van der Waals surface area contributed by atoms with Crippen molar-refractivity contribution in [3.05, 3.63) is 52.4 Å². The van der Waals surface area contributed by atoms with Crippen molar-refractivity contribution in [2.45, 2.75) is 19.0 Å². The largest absolute Gasteiger partial charge is 0.339 e. The fraction of sp³-hybridized carbons (Fsp3) is 0.412. The van der Waals surface area contributed by atoms with Gasteiger partial charge in [-0.25, -0.2) is 0 Å². The first kappa shape index (κ1) is 18.5. The first-order valence-corrected chi connectivity index (χ1v) is 8.40. The Kier molecular flexibility index (Phi) is 5.65. The lowest BCUT2D eigenvalue weighted by molar-refractivity contribution is 0.190. The van der Waals surface area contributed by atoms with E-state index in [2.05, 4.69) is 32.5 Å². The van der Waals surface area contributed by atoms with Gasteiger partial charge in [0.05, 0.1) is 24.3 Å². The van der Waals surface area contributed by atoms with E-state index in [1.165, 1.54) is 6.20 Å². The van der Waals surface area contributed by atoms with Gasteiger partial charge in [-0.1, -0.05) is 17.3 Å². The lowest BCUT2D eigenvalue weighted by Crippen LogP contribution is -2.44. The average molecular weight is 377 g/mol. The van der Waals surface area contributed by atoms with Crippen molar-refractivity contribution in [2.75, 3.05) is 26.7 Å². The Hall–Kier alpha value is -2.29. The van der Waals surface area contributed by atoms with Crippen LogP contribution in [-0.4, -0.2) is 51.5 Å². The predicted octanol–water partition coefficient (Wildman–Crippen LogP) is 1.02. The summed E-state index contributed by atoms with van der Waals surface area (Å²) in [6.07, 6.45) is 1.92. The standard InChI is InChI=1S/C17H20N6O2.ClH/c1-22-9-7-18-10-14(22)17-20-16(25-21-17)6-8-23-13-5-3-2-4-12(13)15(24)11-19-23;/h2-5,11,14,18H,6-10H2,1H3;1H. The zero-order chi connectivity index (χ0) is 17.2. The minimum atomic E-state index is -0.0697. The SMILES string of the molecule is CN1CCNCC1c1noc(CCn2ncc(=O)c3ccccc32)n1.Cl. The third-order valence-corrected chi connectivity index (χ3v) is 4.59. The zero-order valence-electron chi connectivity index (χ0n) is 14.5. The topological polar surface area (TPSA) is 89.1 Å². The molecular formula is C17H21ClN6O2. The minimum absolute atomic E-state index is 0. The first-order valence-electron chi connectivity index (χ1n) is 8.40. The Morgan fingerprint density at radius 2 is 2.19 bits per heavy atom. The Balaban J connectivity index is 0.00000196. The minimum Gasteiger partial charge on any atom is -0.339 e.